The third kappa shape index (κ3) is 2.26. The van der Waals surface area contributed by atoms with E-state index in [0.717, 1.165) is 6.07 Å². The van der Waals surface area contributed by atoms with Crippen molar-refractivity contribution < 1.29 is 22.7 Å². The number of nitrogen functional groups attached to an aromatic ring is 1. The predicted molar refractivity (Wildman–Crippen MR) is 82.5 cm³/mol. The highest BCUT2D eigenvalue weighted by Gasteiger charge is 2.57. The van der Waals surface area contributed by atoms with Crippen LogP contribution in [0.4, 0.5) is 14.9 Å². The number of sulfone groups is 1. The van der Waals surface area contributed by atoms with E-state index in [1.165, 1.54) is 19.1 Å². The number of rotatable bonds is 1. The van der Waals surface area contributed by atoms with Gasteiger partial charge in [0.15, 0.2) is 9.84 Å². The van der Waals surface area contributed by atoms with E-state index >= 15 is 0 Å². The summed E-state index contributed by atoms with van der Waals surface area (Å²) in [6.07, 6.45) is -0.864. The Morgan fingerprint density at radius 3 is 2.83 bits per heavy atom. The van der Waals surface area contributed by atoms with Crippen molar-refractivity contribution in [2.45, 2.75) is 35.8 Å². The highest BCUT2D eigenvalue weighted by atomic mass is 32.2. The van der Waals surface area contributed by atoms with Crippen LogP contribution in [0.5, 0.6) is 0 Å². The molecule has 0 aromatic heterocycles. The third-order valence-electron chi connectivity index (χ3n) is 4.54. The number of nitrogens with one attached hydrogen (secondary N) is 1. The zero-order valence-electron chi connectivity index (χ0n) is 12.3. The average molecular weight is 341 g/mol. The first-order chi connectivity index (χ1) is 10.7. The van der Waals surface area contributed by atoms with Crippen LogP contribution in [-0.2, 0) is 15.4 Å². The first-order valence-corrected chi connectivity index (χ1v) is 8.65. The fourth-order valence-electron chi connectivity index (χ4n) is 3.50. The molecule has 3 atom stereocenters. The molecule has 2 aliphatic rings. The van der Waals surface area contributed by atoms with E-state index in [0.29, 0.717) is 0 Å². The molecule has 1 saturated heterocycles. The lowest BCUT2D eigenvalue weighted by Crippen LogP contribution is -2.52. The molecule has 3 rings (SSSR count). The number of benzene rings is 1. The monoisotopic (exact) mass is 341 g/mol. The van der Waals surface area contributed by atoms with Crippen LogP contribution in [0.1, 0.15) is 25.3 Å². The molecule has 1 fully saturated rings. The van der Waals surface area contributed by atoms with Crippen LogP contribution >= 0.6 is 0 Å². The van der Waals surface area contributed by atoms with Gasteiger partial charge in [0.25, 0.3) is 0 Å². The summed E-state index contributed by atoms with van der Waals surface area (Å²) in [4.78, 5) is 15.2. The second-order valence-corrected chi connectivity index (χ2v) is 8.27. The normalized spacial score (nSPS) is 31.5. The summed E-state index contributed by atoms with van der Waals surface area (Å²) < 4.78 is 39.7. The molecule has 124 valence electrons. The van der Waals surface area contributed by atoms with Crippen LogP contribution in [0.25, 0.3) is 0 Å². The van der Waals surface area contributed by atoms with Crippen molar-refractivity contribution in [2.75, 3.05) is 5.73 Å². The number of halogens is 1. The number of nitrogens with two attached hydrogens (primary N) is 1. The Balaban J connectivity index is 2.24. The van der Waals surface area contributed by atoms with Crippen molar-refractivity contribution in [1.29, 1.82) is 0 Å². The maximum Gasteiger partial charge on any atom is 0.410 e. The second-order valence-electron chi connectivity index (χ2n) is 5.96. The van der Waals surface area contributed by atoms with E-state index in [9.17, 15) is 17.6 Å². The number of amidine groups is 1. The topological polar surface area (TPSA) is 122 Å². The first kappa shape index (κ1) is 15.7. The first-order valence-electron chi connectivity index (χ1n) is 7.04. The smallest absolute Gasteiger partial charge is 0.410 e. The van der Waals surface area contributed by atoms with E-state index in [1.54, 1.807) is 0 Å². The number of carbonyl (C=O) groups is 1. The minimum absolute atomic E-state index is 0.0520. The Labute approximate surface area is 132 Å². The number of nitrogens with zero attached hydrogens (tertiary/aromatic N) is 1. The standard InChI is InChI=1S/C14H16FN3O4S/c1-14(8-6-7(16)2-3-9(8)15)11-5-4-10(23(11,21)22)12(18-14)17-13(19)20/h2-3,6,10-11H,4-5,16H2,1H3,(H,17,18)(H,19,20)/t10-,11+,14+/m0/s1. The van der Waals surface area contributed by atoms with Gasteiger partial charge in [-0.2, -0.15) is 0 Å². The minimum atomic E-state index is -3.67. The molecule has 9 heteroatoms. The molecular weight excluding hydrogens is 325 g/mol. The van der Waals surface area contributed by atoms with E-state index in [1.807, 2.05) is 0 Å². The minimum Gasteiger partial charge on any atom is -0.465 e. The Kier molecular flexibility index (Phi) is 3.36. The van der Waals surface area contributed by atoms with E-state index in [4.69, 9.17) is 10.8 Å². The maximum absolute atomic E-state index is 14.3. The molecule has 0 aliphatic carbocycles. The lowest BCUT2D eigenvalue weighted by atomic mass is 9.87. The Morgan fingerprint density at radius 1 is 1.48 bits per heavy atom. The number of carboxylic acid groups (broad SMARTS) is 1. The third-order valence-corrected chi connectivity index (χ3v) is 7.28. The van der Waals surface area contributed by atoms with Crippen LogP contribution in [0.2, 0.25) is 0 Å². The van der Waals surface area contributed by atoms with Gasteiger partial charge in [0.1, 0.15) is 22.4 Å². The zero-order valence-corrected chi connectivity index (χ0v) is 13.1. The predicted octanol–water partition coefficient (Wildman–Crippen LogP) is 1.25. The van der Waals surface area contributed by atoms with Crippen molar-refractivity contribution in [3.8, 4) is 0 Å². The van der Waals surface area contributed by atoms with Crippen LogP contribution in [0, 0.1) is 5.82 Å². The van der Waals surface area contributed by atoms with Gasteiger partial charge in [-0.15, -0.1) is 0 Å². The number of amides is 1. The summed E-state index contributed by atoms with van der Waals surface area (Å²) in [5.41, 5.74) is 4.60. The molecule has 0 unspecified atom stereocenters. The lowest BCUT2D eigenvalue weighted by molar-refractivity contribution is 0.200. The summed E-state index contributed by atoms with van der Waals surface area (Å²) in [6.45, 7) is 1.50. The quantitative estimate of drug-likeness (QED) is 0.664. The molecule has 23 heavy (non-hydrogen) atoms. The number of anilines is 1. The summed E-state index contributed by atoms with van der Waals surface area (Å²) in [5, 5.41) is 9.09. The molecule has 2 aliphatic heterocycles. The molecular formula is C14H16FN3O4S. The van der Waals surface area contributed by atoms with Gasteiger partial charge < -0.3 is 10.8 Å². The molecule has 1 aromatic rings. The molecule has 1 aromatic carbocycles. The fraction of sp³-hybridized carbons (Fsp3) is 0.429. The fourth-order valence-corrected chi connectivity index (χ4v) is 6.07. The Morgan fingerprint density at radius 2 is 2.17 bits per heavy atom. The van der Waals surface area contributed by atoms with Gasteiger partial charge in [-0.05, 0) is 38.0 Å². The molecule has 7 nitrogen and oxygen atoms in total. The number of fused-ring (bicyclic) bond motifs is 2. The number of hydrogen-bond donors (Lipinski definition) is 3. The molecule has 4 N–H and O–H groups in total. The highest BCUT2D eigenvalue weighted by molar-refractivity contribution is 7.93. The summed E-state index contributed by atoms with van der Waals surface area (Å²) >= 11 is 0. The molecule has 0 spiro atoms. The van der Waals surface area contributed by atoms with Gasteiger partial charge in [0.05, 0.1) is 5.25 Å². The van der Waals surface area contributed by atoms with Gasteiger partial charge >= 0.3 is 6.09 Å². The van der Waals surface area contributed by atoms with Gasteiger partial charge in [0.2, 0.25) is 0 Å². The largest absolute Gasteiger partial charge is 0.465 e. The van der Waals surface area contributed by atoms with Gasteiger partial charge in [0, 0.05) is 11.3 Å². The SMILES string of the molecule is C[C@]1(c2cc(N)ccc2F)N=C(NC(=O)O)[C@@H]2CC[C@H]1S2(=O)=O. The van der Waals surface area contributed by atoms with E-state index in [2.05, 4.69) is 10.3 Å². The van der Waals surface area contributed by atoms with Crippen molar-refractivity contribution in [1.82, 2.24) is 5.32 Å². The van der Waals surface area contributed by atoms with Gasteiger partial charge in [-0.3, -0.25) is 10.3 Å². The molecule has 1 amide bonds. The van der Waals surface area contributed by atoms with Gasteiger partial charge in [-0.1, -0.05) is 0 Å². The summed E-state index contributed by atoms with van der Waals surface area (Å²) in [7, 11) is -3.67. The summed E-state index contributed by atoms with van der Waals surface area (Å²) in [5.74, 6) is -0.781. The van der Waals surface area contributed by atoms with E-state index < -0.39 is 37.8 Å². The molecule has 2 heterocycles. The molecule has 2 bridgehead atoms. The second kappa shape index (κ2) is 4.92. The van der Waals surface area contributed by atoms with Crippen LogP contribution in [0.3, 0.4) is 0 Å². The Hall–Kier alpha value is -2.16. The van der Waals surface area contributed by atoms with Crippen molar-refractivity contribution in [2.24, 2.45) is 4.99 Å². The maximum atomic E-state index is 14.3. The van der Waals surface area contributed by atoms with E-state index in [-0.39, 0.29) is 29.9 Å². The Bertz CT molecular complexity index is 823. The van der Waals surface area contributed by atoms with Crippen LogP contribution in [-0.4, -0.2) is 36.0 Å². The highest BCUT2D eigenvalue weighted by Crippen LogP contribution is 2.47. The van der Waals surface area contributed by atoms with Crippen molar-refractivity contribution in [3.05, 3.63) is 29.6 Å². The molecule has 0 radical (unpaired) electrons. The van der Waals surface area contributed by atoms with Crippen molar-refractivity contribution in [3.63, 3.8) is 0 Å². The average Bonchev–Trinajstić information content (AvgIpc) is 2.65. The van der Waals surface area contributed by atoms with Crippen LogP contribution < -0.4 is 11.1 Å². The van der Waals surface area contributed by atoms with Gasteiger partial charge in [-0.25, -0.2) is 17.6 Å². The zero-order chi connectivity index (χ0) is 17.0. The number of aliphatic imine (C=N–C) groups is 1. The summed E-state index contributed by atoms with van der Waals surface area (Å²) in [6, 6.07) is 3.88. The molecule has 0 saturated carbocycles. The number of hydrogen-bond acceptors (Lipinski definition) is 5. The van der Waals surface area contributed by atoms with Crippen molar-refractivity contribution >= 4 is 27.5 Å². The van der Waals surface area contributed by atoms with Crippen LogP contribution in [0.15, 0.2) is 23.2 Å². The lowest BCUT2D eigenvalue weighted by Gasteiger charge is -2.36.